The lowest BCUT2D eigenvalue weighted by Gasteiger charge is -2.29. The normalized spacial score (nSPS) is 17.3. The Morgan fingerprint density at radius 3 is 2.53 bits per heavy atom. The van der Waals surface area contributed by atoms with Gasteiger partial charge in [-0.2, -0.15) is 5.10 Å². The van der Waals surface area contributed by atoms with E-state index in [2.05, 4.69) is 24.0 Å². The van der Waals surface area contributed by atoms with Crippen LogP contribution in [0.1, 0.15) is 18.9 Å². The topological polar surface area (TPSA) is 82.1 Å². The van der Waals surface area contributed by atoms with E-state index in [1.54, 1.807) is 0 Å². The molecule has 8 heteroatoms. The Labute approximate surface area is 177 Å². The number of piperidine rings is 1. The summed E-state index contributed by atoms with van der Waals surface area (Å²) < 4.78 is 10.2. The van der Waals surface area contributed by atoms with E-state index in [1.807, 2.05) is 59.3 Å². The third kappa shape index (κ3) is 3.62. The van der Waals surface area contributed by atoms with Gasteiger partial charge in [-0.1, -0.05) is 27.6 Å². The van der Waals surface area contributed by atoms with Gasteiger partial charge < -0.3 is 10.5 Å². The smallest absolute Gasteiger partial charge is 0.164 e. The Morgan fingerprint density at radius 2 is 1.77 bits per heavy atom. The number of hydrogen-bond acceptors (Lipinski definition) is 6. The van der Waals surface area contributed by atoms with Crippen LogP contribution in [0.2, 0.25) is 0 Å². The van der Waals surface area contributed by atoms with E-state index in [0.717, 1.165) is 59.7 Å². The van der Waals surface area contributed by atoms with E-state index in [0.29, 0.717) is 5.82 Å². The molecule has 1 fully saturated rings. The Morgan fingerprint density at radius 1 is 1.00 bits per heavy atom. The summed E-state index contributed by atoms with van der Waals surface area (Å²) in [4.78, 5) is 8.74. The van der Waals surface area contributed by atoms with Gasteiger partial charge in [0.25, 0.3) is 0 Å². The minimum Gasteiger partial charge on any atom is -0.457 e. The second kappa shape index (κ2) is 8.01. The fourth-order valence-corrected chi connectivity index (χ4v) is 4.37. The molecule has 5 rings (SSSR count). The van der Waals surface area contributed by atoms with Crippen LogP contribution in [0.25, 0.3) is 22.3 Å². The summed E-state index contributed by atoms with van der Waals surface area (Å²) in [7, 11) is 2.80. The van der Waals surface area contributed by atoms with Crippen molar-refractivity contribution in [2.24, 2.45) is 0 Å². The number of nitrogens with zero attached hydrogens (tertiary/aromatic N) is 5. The lowest BCUT2D eigenvalue weighted by atomic mass is 10.1. The monoisotopic (exact) mass is 418 g/mol. The van der Waals surface area contributed by atoms with Crippen molar-refractivity contribution in [1.29, 1.82) is 0 Å². The van der Waals surface area contributed by atoms with Gasteiger partial charge >= 0.3 is 0 Å². The van der Waals surface area contributed by atoms with Gasteiger partial charge in [-0.05, 0) is 49.2 Å². The third-order valence-corrected chi connectivity index (χ3v) is 5.87. The quantitative estimate of drug-likeness (QED) is 0.498. The van der Waals surface area contributed by atoms with Crippen molar-refractivity contribution in [3.63, 3.8) is 0 Å². The number of benzene rings is 2. The zero-order valence-electron chi connectivity index (χ0n) is 16.5. The molecule has 0 saturated carbocycles. The van der Waals surface area contributed by atoms with Gasteiger partial charge in [-0.15, -0.1) is 0 Å². The summed E-state index contributed by atoms with van der Waals surface area (Å²) in [5, 5.41) is 5.75. The van der Waals surface area contributed by atoms with Crippen LogP contribution in [0.4, 0.5) is 5.82 Å². The molecule has 30 heavy (non-hydrogen) atoms. The Bertz CT molecular complexity index is 1160. The maximum absolute atomic E-state index is 6.25. The molecule has 0 aliphatic carbocycles. The van der Waals surface area contributed by atoms with Crippen molar-refractivity contribution in [2.75, 3.05) is 18.8 Å². The average Bonchev–Trinajstić information content (AvgIpc) is 3.16. The summed E-state index contributed by atoms with van der Waals surface area (Å²) in [5.74, 6) is 2.02. The summed E-state index contributed by atoms with van der Waals surface area (Å²) in [5.41, 5.74) is 8.80. The molecule has 0 radical (unpaired) electrons. The second-order valence-electron chi connectivity index (χ2n) is 7.48. The van der Waals surface area contributed by atoms with E-state index < -0.39 is 0 Å². The van der Waals surface area contributed by atoms with Gasteiger partial charge in [0, 0.05) is 18.7 Å². The van der Waals surface area contributed by atoms with Gasteiger partial charge in [0.1, 0.15) is 29.3 Å². The number of nitrogens with two attached hydrogens (primary N) is 1. The van der Waals surface area contributed by atoms with E-state index in [1.165, 1.54) is 6.33 Å². The highest BCUT2D eigenvalue weighted by Crippen LogP contribution is 2.35. The molecule has 3 heterocycles. The zero-order chi connectivity index (χ0) is 20.5. The summed E-state index contributed by atoms with van der Waals surface area (Å²) in [6.45, 7) is 1.99. The maximum Gasteiger partial charge on any atom is 0.164 e. The van der Waals surface area contributed by atoms with E-state index in [9.17, 15) is 0 Å². The van der Waals surface area contributed by atoms with Crippen LogP contribution in [0.3, 0.4) is 0 Å². The maximum atomic E-state index is 6.25. The van der Waals surface area contributed by atoms with Crippen LogP contribution in [0, 0.1) is 0 Å². The standard InChI is InChI=1S/C22H23N6OP/c23-21-19-20(15-8-10-18(11-9-15)29-17-6-2-1-3-7-17)26-28(22(19)25-14-24-21)16-5-4-12-27(30)13-16/h1-3,6-11,14,16H,4-5,12-13,30H2,(H2,23,24,25). The lowest BCUT2D eigenvalue weighted by molar-refractivity contribution is 0.273. The van der Waals surface area contributed by atoms with Gasteiger partial charge in [0.05, 0.1) is 11.4 Å². The molecule has 0 spiro atoms. The first kappa shape index (κ1) is 19.0. The lowest BCUT2D eigenvalue weighted by Crippen LogP contribution is -2.30. The molecule has 2 unspecified atom stereocenters. The molecule has 152 valence electrons. The molecule has 0 bridgehead atoms. The number of anilines is 1. The Hall–Kier alpha value is -3.02. The third-order valence-electron chi connectivity index (χ3n) is 5.40. The van der Waals surface area contributed by atoms with Crippen molar-refractivity contribution in [1.82, 2.24) is 24.4 Å². The van der Waals surface area contributed by atoms with Crippen LogP contribution in [-0.4, -0.2) is 37.5 Å². The molecular formula is C22H23N6OP. The van der Waals surface area contributed by atoms with Crippen LogP contribution < -0.4 is 10.5 Å². The number of para-hydroxylation sites is 1. The number of ether oxygens (including phenoxy) is 1. The first-order valence-corrected chi connectivity index (χ1v) is 10.5. The molecule has 2 N–H and O–H groups in total. The SMILES string of the molecule is Nc1ncnc2c1c(-c1ccc(Oc3ccccc3)cc1)nn2C1CCCN(P)C1. The molecule has 2 aromatic heterocycles. The van der Waals surface area contributed by atoms with Crippen LogP contribution >= 0.6 is 9.39 Å². The van der Waals surface area contributed by atoms with Crippen molar-refractivity contribution < 1.29 is 4.74 Å². The first-order chi connectivity index (χ1) is 14.7. The van der Waals surface area contributed by atoms with Crippen molar-refractivity contribution in [3.05, 3.63) is 60.9 Å². The molecule has 1 aliphatic rings. The fourth-order valence-electron chi connectivity index (χ4n) is 3.94. The summed E-state index contributed by atoms with van der Waals surface area (Å²) in [6.07, 6.45) is 3.70. The van der Waals surface area contributed by atoms with Crippen molar-refractivity contribution in [2.45, 2.75) is 18.9 Å². The van der Waals surface area contributed by atoms with Crippen molar-refractivity contribution in [3.8, 4) is 22.8 Å². The Balaban J connectivity index is 1.52. The van der Waals surface area contributed by atoms with Crippen LogP contribution in [-0.2, 0) is 0 Å². The van der Waals surface area contributed by atoms with Gasteiger partial charge in [-0.3, -0.25) is 4.67 Å². The van der Waals surface area contributed by atoms with E-state index >= 15 is 0 Å². The minimum atomic E-state index is 0.252. The molecule has 1 aliphatic heterocycles. The number of fused-ring (bicyclic) bond motifs is 1. The van der Waals surface area contributed by atoms with Gasteiger partial charge in [0.15, 0.2) is 5.65 Å². The number of rotatable bonds is 4. The highest BCUT2D eigenvalue weighted by atomic mass is 31.0. The predicted molar refractivity (Wildman–Crippen MR) is 121 cm³/mol. The summed E-state index contributed by atoms with van der Waals surface area (Å²) in [6, 6.07) is 17.9. The molecule has 1 saturated heterocycles. The molecule has 2 atom stereocenters. The predicted octanol–water partition coefficient (Wildman–Crippen LogP) is 4.29. The van der Waals surface area contributed by atoms with Crippen LogP contribution in [0.15, 0.2) is 60.9 Å². The molecular weight excluding hydrogens is 395 g/mol. The second-order valence-corrected chi connectivity index (χ2v) is 8.21. The largest absolute Gasteiger partial charge is 0.457 e. The molecule has 0 amide bonds. The zero-order valence-corrected chi connectivity index (χ0v) is 17.6. The highest BCUT2D eigenvalue weighted by Gasteiger charge is 2.25. The van der Waals surface area contributed by atoms with Gasteiger partial charge in [0.2, 0.25) is 0 Å². The van der Waals surface area contributed by atoms with Crippen LogP contribution in [0.5, 0.6) is 11.5 Å². The molecule has 7 nitrogen and oxygen atoms in total. The highest BCUT2D eigenvalue weighted by molar-refractivity contribution is 7.13. The van der Waals surface area contributed by atoms with E-state index in [-0.39, 0.29) is 6.04 Å². The number of hydrogen-bond donors (Lipinski definition) is 1. The minimum absolute atomic E-state index is 0.252. The number of nitrogen functional groups attached to an aromatic ring is 1. The molecule has 2 aromatic carbocycles. The van der Waals surface area contributed by atoms with Crippen molar-refractivity contribution >= 4 is 26.2 Å². The van der Waals surface area contributed by atoms with E-state index in [4.69, 9.17) is 15.6 Å². The first-order valence-electron chi connectivity index (χ1n) is 10.0. The van der Waals surface area contributed by atoms with Gasteiger partial charge in [-0.25, -0.2) is 14.6 Å². The fraction of sp³-hybridized carbons (Fsp3) is 0.227. The number of aromatic nitrogens is 4. The summed E-state index contributed by atoms with van der Waals surface area (Å²) >= 11 is 0. The Kier molecular flexibility index (Phi) is 5.07. The molecule has 4 aromatic rings. The average molecular weight is 418 g/mol.